The number of nitrogens with zero attached hydrogens (tertiary/aromatic N) is 2. The van der Waals surface area contributed by atoms with Crippen LogP contribution in [0.15, 0.2) is 58.7 Å². The largest absolute Gasteiger partial charge is 0.508 e. The molecule has 4 heteroatoms. The van der Waals surface area contributed by atoms with Crippen LogP contribution in [0.2, 0.25) is 0 Å². The third kappa shape index (κ3) is 2.29. The van der Waals surface area contributed by atoms with Crippen molar-refractivity contribution in [3.05, 3.63) is 59.7 Å². The Hall–Kier alpha value is -2.62. The van der Waals surface area contributed by atoms with Crippen LogP contribution in [-0.2, 0) is 0 Å². The van der Waals surface area contributed by atoms with Crippen LogP contribution in [0, 0.1) is 5.41 Å². The second kappa shape index (κ2) is 4.74. The zero-order chi connectivity index (χ0) is 15.0. The molecule has 0 unspecified atom stereocenters. The summed E-state index contributed by atoms with van der Waals surface area (Å²) in [7, 11) is 0. The highest BCUT2D eigenvalue weighted by Gasteiger charge is 2.37. The van der Waals surface area contributed by atoms with Crippen LogP contribution in [0.5, 0.6) is 11.5 Å². The highest BCUT2D eigenvalue weighted by Crippen LogP contribution is 2.34. The minimum atomic E-state index is -0.401. The van der Waals surface area contributed by atoms with Gasteiger partial charge in [-0.1, -0.05) is 24.3 Å². The molecule has 2 aromatic carbocycles. The van der Waals surface area contributed by atoms with E-state index in [4.69, 9.17) is 0 Å². The first-order valence-electron chi connectivity index (χ1n) is 6.74. The van der Waals surface area contributed by atoms with E-state index in [1.54, 1.807) is 36.4 Å². The van der Waals surface area contributed by atoms with Crippen LogP contribution in [0.25, 0.3) is 0 Å². The van der Waals surface area contributed by atoms with E-state index in [1.165, 1.54) is 0 Å². The molecule has 2 aromatic rings. The van der Waals surface area contributed by atoms with Crippen molar-refractivity contribution in [2.24, 2.45) is 15.6 Å². The van der Waals surface area contributed by atoms with Gasteiger partial charge in [0.25, 0.3) is 0 Å². The second-order valence-electron chi connectivity index (χ2n) is 5.62. The molecule has 21 heavy (non-hydrogen) atoms. The molecule has 0 atom stereocenters. The Morgan fingerprint density at radius 1 is 0.762 bits per heavy atom. The summed E-state index contributed by atoms with van der Waals surface area (Å²) in [5, 5.41) is 27.9. The van der Waals surface area contributed by atoms with E-state index < -0.39 is 5.41 Å². The standard InChI is InChI=1S/C17H16N2O2/c1-17(2)15(11-5-3-7-13(20)9-11)18-19-16(17)12-6-4-8-14(21)10-12/h3-10,20-21H,1-2H3. The van der Waals surface area contributed by atoms with E-state index >= 15 is 0 Å². The number of phenols is 2. The molecular formula is C17H16N2O2. The van der Waals surface area contributed by atoms with Crippen molar-refractivity contribution in [1.29, 1.82) is 0 Å². The Kier molecular flexibility index (Phi) is 3.01. The van der Waals surface area contributed by atoms with Gasteiger partial charge in [-0.25, -0.2) is 0 Å². The number of hydrogen-bond acceptors (Lipinski definition) is 4. The van der Waals surface area contributed by atoms with Crippen LogP contribution in [0.3, 0.4) is 0 Å². The molecule has 1 aliphatic rings. The molecule has 0 fully saturated rings. The lowest BCUT2D eigenvalue weighted by Crippen LogP contribution is -2.31. The van der Waals surface area contributed by atoms with Gasteiger partial charge >= 0.3 is 0 Å². The second-order valence-corrected chi connectivity index (χ2v) is 5.62. The summed E-state index contributed by atoms with van der Waals surface area (Å²) in [6.07, 6.45) is 0. The lowest BCUT2D eigenvalue weighted by molar-refractivity contribution is 0.474. The maximum Gasteiger partial charge on any atom is 0.116 e. The molecule has 0 aromatic heterocycles. The third-order valence-corrected chi connectivity index (χ3v) is 3.67. The Morgan fingerprint density at radius 3 is 1.57 bits per heavy atom. The lowest BCUT2D eigenvalue weighted by Gasteiger charge is -2.23. The normalized spacial score (nSPS) is 16.5. The summed E-state index contributed by atoms with van der Waals surface area (Å²) in [5.74, 6) is 0.411. The van der Waals surface area contributed by atoms with E-state index in [-0.39, 0.29) is 11.5 Å². The van der Waals surface area contributed by atoms with Gasteiger partial charge in [-0.3, -0.25) is 0 Å². The molecule has 0 amide bonds. The van der Waals surface area contributed by atoms with Crippen LogP contribution in [0.1, 0.15) is 25.0 Å². The number of aromatic hydroxyl groups is 2. The fourth-order valence-corrected chi connectivity index (χ4v) is 2.61. The molecule has 0 saturated heterocycles. The maximum absolute atomic E-state index is 9.64. The Balaban J connectivity index is 2.00. The van der Waals surface area contributed by atoms with Crippen molar-refractivity contribution >= 4 is 11.4 Å². The highest BCUT2D eigenvalue weighted by atomic mass is 16.3. The van der Waals surface area contributed by atoms with Gasteiger partial charge in [0.2, 0.25) is 0 Å². The van der Waals surface area contributed by atoms with Gasteiger partial charge in [0.05, 0.1) is 16.8 Å². The average molecular weight is 280 g/mol. The van der Waals surface area contributed by atoms with E-state index in [1.807, 2.05) is 26.0 Å². The summed E-state index contributed by atoms with van der Waals surface area (Å²) in [6.45, 7) is 4.07. The Labute approximate surface area is 123 Å². The predicted molar refractivity (Wildman–Crippen MR) is 83.1 cm³/mol. The highest BCUT2D eigenvalue weighted by molar-refractivity contribution is 6.25. The van der Waals surface area contributed by atoms with E-state index in [9.17, 15) is 10.2 Å². The number of phenolic OH excluding ortho intramolecular Hbond substituents is 2. The first kappa shape index (κ1) is 13.4. The number of hydrogen-bond donors (Lipinski definition) is 2. The molecule has 1 heterocycles. The molecule has 0 saturated carbocycles. The molecule has 4 nitrogen and oxygen atoms in total. The Morgan fingerprint density at radius 2 is 1.19 bits per heavy atom. The number of rotatable bonds is 2. The topological polar surface area (TPSA) is 65.2 Å². The first-order valence-corrected chi connectivity index (χ1v) is 6.74. The quantitative estimate of drug-likeness (QED) is 0.886. The van der Waals surface area contributed by atoms with Gasteiger partial charge in [0.1, 0.15) is 11.5 Å². The molecule has 0 radical (unpaired) electrons. The van der Waals surface area contributed by atoms with Crippen molar-refractivity contribution in [2.75, 3.05) is 0 Å². The summed E-state index contributed by atoms with van der Waals surface area (Å²) in [6, 6.07) is 14.0. The summed E-state index contributed by atoms with van der Waals surface area (Å²) < 4.78 is 0. The van der Waals surface area contributed by atoms with E-state index in [2.05, 4.69) is 10.2 Å². The summed E-state index contributed by atoms with van der Waals surface area (Å²) >= 11 is 0. The smallest absolute Gasteiger partial charge is 0.116 e. The van der Waals surface area contributed by atoms with Crippen molar-refractivity contribution < 1.29 is 10.2 Å². The van der Waals surface area contributed by atoms with Crippen LogP contribution in [0.4, 0.5) is 0 Å². The van der Waals surface area contributed by atoms with Crippen molar-refractivity contribution in [2.45, 2.75) is 13.8 Å². The number of benzene rings is 2. The molecule has 3 rings (SSSR count). The van der Waals surface area contributed by atoms with Crippen LogP contribution in [-0.4, -0.2) is 21.6 Å². The van der Waals surface area contributed by atoms with Gasteiger partial charge in [-0.2, -0.15) is 10.2 Å². The molecule has 106 valence electrons. The predicted octanol–water partition coefficient (Wildman–Crippen LogP) is 3.33. The van der Waals surface area contributed by atoms with E-state index in [0.29, 0.717) is 0 Å². The van der Waals surface area contributed by atoms with E-state index in [0.717, 1.165) is 22.6 Å². The van der Waals surface area contributed by atoms with Gasteiger partial charge < -0.3 is 10.2 Å². The summed E-state index contributed by atoms with van der Waals surface area (Å²) in [5.41, 5.74) is 2.90. The fourth-order valence-electron chi connectivity index (χ4n) is 2.61. The molecule has 0 spiro atoms. The van der Waals surface area contributed by atoms with Crippen molar-refractivity contribution in [1.82, 2.24) is 0 Å². The SMILES string of the molecule is CC1(C)C(c2cccc(O)c2)=NN=C1c1cccc(O)c1. The van der Waals surface area contributed by atoms with Crippen LogP contribution < -0.4 is 0 Å². The van der Waals surface area contributed by atoms with Crippen molar-refractivity contribution in [3.8, 4) is 11.5 Å². The summed E-state index contributed by atoms with van der Waals surface area (Å²) in [4.78, 5) is 0. The molecular weight excluding hydrogens is 264 g/mol. The molecule has 0 aliphatic carbocycles. The van der Waals surface area contributed by atoms with Gasteiger partial charge in [0, 0.05) is 11.1 Å². The lowest BCUT2D eigenvalue weighted by atomic mass is 9.77. The molecule has 0 bridgehead atoms. The van der Waals surface area contributed by atoms with Gasteiger partial charge in [-0.05, 0) is 38.1 Å². The fraction of sp³-hybridized carbons (Fsp3) is 0.176. The zero-order valence-corrected chi connectivity index (χ0v) is 11.9. The molecule has 1 aliphatic heterocycles. The average Bonchev–Trinajstić information content (AvgIpc) is 2.74. The first-order chi connectivity index (χ1) is 9.98. The maximum atomic E-state index is 9.64. The van der Waals surface area contributed by atoms with Crippen LogP contribution >= 0.6 is 0 Å². The van der Waals surface area contributed by atoms with Gasteiger partial charge in [-0.15, -0.1) is 0 Å². The minimum absolute atomic E-state index is 0.205. The Bertz CT molecular complexity index is 697. The van der Waals surface area contributed by atoms with Crippen molar-refractivity contribution in [3.63, 3.8) is 0 Å². The monoisotopic (exact) mass is 280 g/mol. The molecule has 2 N–H and O–H groups in total. The minimum Gasteiger partial charge on any atom is -0.508 e. The third-order valence-electron chi connectivity index (χ3n) is 3.67. The van der Waals surface area contributed by atoms with Gasteiger partial charge in [0.15, 0.2) is 0 Å². The zero-order valence-electron chi connectivity index (χ0n) is 11.9.